The Morgan fingerprint density at radius 2 is 2.03 bits per heavy atom. The molecule has 1 aromatic carbocycles. The third-order valence-corrected chi connectivity index (χ3v) is 6.49. The molecule has 0 unspecified atom stereocenters. The molecule has 3 rings (SSSR count). The summed E-state index contributed by atoms with van der Waals surface area (Å²) in [6, 6.07) is 4.18. The summed E-state index contributed by atoms with van der Waals surface area (Å²) < 4.78 is 13.3. The average molecular weight is 484 g/mol. The van der Waals surface area contributed by atoms with Crippen LogP contribution < -0.4 is 0 Å². The number of likely N-dealkylation sites (tertiary alicyclic amines) is 1. The highest BCUT2D eigenvalue weighted by Crippen LogP contribution is 2.18. The minimum absolute atomic E-state index is 0.0218. The van der Waals surface area contributed by atoms with Crippen LogP contribution >= 0.6 is 11.6 Å². The molecule has 0 saturated carbocycles. The first-order valence-corrected chi connectivity index (χ1v) is 11.5. The number of nitrogens with zero attached hydrogens (tertiary/aromatic N) is 3. The van der Waals surface area contributed by atoms with Crippen molar-refractivity contribution in [2.75, 3.05) is 52.4 Å². The molecule has 2 fully saturated rings. The van der Waals surface area contributed by atoms with Crippen molar-refractivity contribution in [2.45, 2.75) is 25.0 Å². The van der Waals surface area contributed by atoms with E-state index in [0.29, 0.717) is 44.7 Å². The first kappa shape index (κ1) is 25.6. The number of piperidine rings is 1. The van der Waals surface area contributed by atoms with Gasteiger partial charge < -0.3 is 25.1 Å². The van der Waals surface area contributed by atoms with E-state index < -0.39 is 18.0 Å². The number of aliphatic hydroxyl groups excluding tert-OH is 3. The molecular formula is C23H31ClFN3O5. The maximum atomic E-state index is 13.3. The number of hydrogen-bond donors (Lipinski definition) is 3. The maximum Gasteiger partial charge on any atom is 0.246 e. The summed E-state index contributed by atoms with van der Waals surface area (Å²) >= 11 is 5.76. The molecule has 182 valence electrons. The molecule has 3 atom stereocenters. The number of β-amino-alcohol motifs (C(OH)–C–C–N with tert-alkyl or cyclic N) is 2. The second-order valence-electron chi connectivity index (χ2n) is 8.63. The summed E-state index contributed by atoms with van der Waals surface area (Å²) in [5, 5.41) is 29.8. The molecule has 10 heteroatoms. The van der Waals surface area contributed by atoms with Crippen LogP contribution in [0.4, 0.5) is 4.39 Å². The first-order chi connectivity index (χ1) is 15.8. The van der Waals surface area contributed by atoms with Crippen LogP contribution in [-0.4, -0.2) is 106 Å². The highest BCUT2D eigenvalue weighted by Gasteiger charge is 2.29. The predicted molar refractivity (Wildman–Crippen MR) is 122 cm³/mol. The third-order valence-electron chi connectivity index (χ3n) is 6.20. The zero-order valence-corrected chi connectivity index (χ0v) is 19.2. The number of rotatable bonds is 7. The molecule has 2 aliphatic heterocycles. The maximum absolute atomic E-state index is 13.3. The number of carbonyl (C=O) groups excluding carboxylic acids is 2. The molecule has 2 heterocycles. The van der Waals surface area contributed by atoms with Crippen LogP contribution in [0.25, 0.3) is 6.08 Å². The third kappa shape index (κ3) is 7.22. The second-order valence-corrected chi connectivity index (χ2v) is 9.04. The Bertz CT molecular complexity index is 870. The van der Waals surface area contributed by atoms with Crippen molar-refractivity contribution < 1.29 is 29.3 Å². The van der Waals surface area contributed by atoms with E-state index in [1.54, 1.807) is 15.9 Å². The molecule has 2 saturated heterocycles. The standard InChI is InChI=1S/C23H31ClFN3O5/c24-19-11-16(1-3-20(19)25)2-4-22(32)27-8-6-23(33)28(10-9-27)13-18(30)12-26-7-5-17(15-29)21(31)14-26/h1-4,11,17-18,21,29-31H,5-10,12-15H2/t17-,18+,21-/m1/s1. The summed E-state index contributed by atoms with van der Waals surface area (Å²) in [4.78, 5) is 30.2. The van der Waals surface area contributed by atoms with Crippen molar-refractivity contribution in [1.82, 2.24) is 14.7 Å². The molecular weight excluding hydrogens is 453 g/mol. The minimum atomic E-state index is -0.780. The second kappa shape index (κ2) is 11.9. The van der Waals surface area contributed by atoms with Crippen LogP contribution in [0.2, 0.25) is 5.02 Å². The normalized spacial score (nSPS) is 23.7. The Kier molecular flexibility index (Phi) is 9.22. The largest absolute Gasteiger partial charge is 0.396 e. The van der Waals surface area contributed by atoms with E-state index in [0.717, 1.165) is 0 Å². The number of halogens is 2. The van der Waals surface area contributed by atoms with Crippen molar-refractivity contribution in [2.24, 2.45) is 5.92 Å². The van der Waals surface area contributed by atoms with E-state index in [4.69, 9.17) is 11.6 Å². The van der Waals surface area contributed by atoms with E-state index in [9.17, 15) is 29.3 Å². The van der Waals surface area contributed by atoms with Crippen LogP contribution in [0.15, 0.2) is 24.3 Å². The van der Waals surface area contributed by atoms with Crippen molar-refractivity contribution in [3.05, 3.63) is 40.7 Å². The Morgan fingerprint density at radius 3 is 2.73 bits per heavy atom. The summed E-state index contributed by atoms with van der Waals surface area (Å²) in [6.45, 7) is 2.40. The van der Waals surface area contributed by atoms with E-state index in [1.807, 2.05) is 4.90 Å². The van der Waals surface area contributed by atoms with Gasteiger partial charge in [-0.3, -0.25) is 14.5 Å². The summed E-state index contributed by atoms with van der Waals surface area (Å²) in [5.74, 6) is -1.05. The van der Waals surface area contributed by atoms with Gasteiger partial charge in [-0.15, -0.1) is 0 Å². The van der Waals surface area contributed by atoms with Gasteiger partial charge in [-0.25, -0.2) is 4.39 Å². The molecule has 0 aliphatic carbocycles. The molecule has 3 N–H and O–H groups in total. The van der Waals surface area contributed by atoms with Crippen molar-refractivity contribution in [3.63, 3.8) is 0 Å². The number of hydrogen-bond acceptors (Lipinski definition) is 6. The van der Waals surface area contributed by atoms with Gasteiger partial charge in [0.05, 0.1) is 17.2 Å². The SMILES string of the molecule is O=C(C=Cc1ccc(F)c(Cl)c1)N1CCC(=O)N(C[C@@H](O)CN2CC[C@H](CO)[C@H](O)C2)CC1. The van der Waals surface area contributed by atoms with Gasteiger partial charge in [-0.05, 0) is 36.7 Å². The van der Waals surface area contributed by atoms with Gasteiger partial charge in [0.15, 0.2) is 0 Å². The van der Waals surface area contributed by atoms with Gasteiger partial charge in [-0.1, -0.05) is 17.7 Å². The fourth-order valence-electron chi connectivity index (χ4n) is 4.20. The van der Waals surface area contributed by atoms with Crippen LogP contribution in [0, 0.1) is 11.7 Å². The van der Waals surface area contributed by atoms with Crippen LogP contribution in [0.5, 0.6) is 0 Å². The van der Waals surface area contributed by atoms with Crippen molar-refractivity contribution in [3.8, 4) is 0 Å². The van der Waals surface area contributed by atoms with E-state index in [2.05, 4.69) is 0 Å². The quantitative estimate of drug-likeness (QED) is 0.490. The summed E-state index contributed by atoms with van der Waals surface area (Å²) in [7, 11) is 0. The van der Waals surface area contributed by atoms with Crippen LogP contribution in [-0.2, 0) is 9.59 Å². The molecule has 0 spiro atoms. The minimum Gasteiger partial charge on any atom is -0.396 e. The lowest BCUT2D eigenvalue weighted by Gasteiger charge is -2.36. The number of benzene rings is 1. The predicted octanol–water partition coefficient (Wildman–Crippen LogP) is 0.589. The van der Waals surface area contributed by atoms with Gasteiger partial charge in [0.1, 0.15) is 5.82 Å². The monoisotopic (exact) mass is 483 g/mol. The van der Waals surface area contributed by atoms with Crippen molar-refractivity contribution in [1.29, 1.82) is 0 Å². The van der Waals surface area contributed by atoms with Crippen LogP contribution in [0.1, 0.15) is 18.4 Å². The van der Waals surface area contributed by atoms with Crippen LogP contribution in [0.3, 0.4) is 0 Å². The lowest BCUT2D eigenvalue weighted by molar-refractivity contribution is -0.132. The molecule has 2 amide bonds. The lowest BCUT2D eigenvalue weighted by atomic mass is 9.94. The number of aliphatic hydroxyl groups is 3. The zero-order chi connectivity index (χ0) is 24.0. The Balaban J connectivity index is 1.49. The molecule has 0 bridgehead atoms. The Hall–Kier alpha value is -2.04. The molecule has 2 aliphatic rings. The number of carbonyl (C=O) groups is 2. The fourth-order valence-corrected chi connectivity index (χ4v) is 4.39. The zero-order valence-electron chi connectivity index (χ0n) is 18.4. The highest BCUT2D eigenvalue weighted by molar-refractivity contribution is 6.30. The first-order valence-electron chi connectivity index (χ1n) is 11.2. The summed E-state index contributed by atoms with van der Waals surface area (Å²) in [6.07, 6.45) is 2.33. The molecule has 0 radical (unpaired) electrons. The van der Waals surface area contributed by atoms with Crippen molar-refractivity contribution >= 4 is 29.5 Å². The summed E-state index contributed by atoms with van der Waals surface area (Å²) in [5.41, 5.74) is 0.596. The topological polar surface area (TPSA) is 105 Å². The lowest BCUT2D eigenvalue weighted by Crippen LogP contribution is -2.49. The van der Waals surface area contributed by atoms with E-state index in [1.165, 1.54) is 24.3 Å². The Morgan fingerprint density at radius 1 is 1.24 bits per heavy atom. The Labute approximate surface area is 197 Å². The molecule has 0 aromatic heterocycles. The van der Waals surface area contributed by atoms with E-state index >= 15 is 0 Å². The number of amides is 2. The molecule has 8 nitrogen and oxygen atoms in total. The average Bonchev–Trinajstić information content (AvgIpc) is 2.96. The van der Waals surface area contributed by atoms with Gasteiger partial charge in [0.2, 0.25) is 11.8 Å². The smallest absolute Gasteiger partial charge is 0.246 e. The molecule has 33 heavy (non-hydrogen) atoms. The fraction of sp³-hybridized carbons (Fsp3) is 0.565. The van der Waals surface area contributed by atoms with Gasteiger partial charge >= 0.3 is 0 Å². The molecule has 1 aromatic rings. The van der Waals surface area contributed by atoms with Gasteiger partial charge in [0.25, 0.3) is 0 Å². The van der Waals surface area contributed by atoms with E-state index in [-0.39, 0.29) is 48.9 Å². The highest BCUT2D eigenvalue weighted by atomic mass is 35.5. The van der Waals surface area contributed by atoms with Gasteiger partial charge in [-0.2, -0.15) is 0 Å². The van der Waals surface area contributed by atoms with Gasteiger partial charge in [0, 0.05) is 64.3 Å².